The molecule has 2 heterocycles. The van der Waals surface area contributed by atoms with Gasteiger partial charge in [0.1, 0.15) is 0 Å². The summed E-state index contributed by atoms with van der Waals surface area (Å²) in [5, 5.41) is 10.7. The van der Waals surface area contributed by atoms with Crippen molar-refractivity contribution in [2.75, 3.05) is 13.7 Å². The minimum atomic E-state index is 0. The quantitative estimate of drug-likeness (QED) is 0.419. The predicted octanol–water partition coefficient (Wildman–Crippen LogP) is 3.03. The average molecular weight is 432 g/mol. The molecule has 0 aliphatic carbocycles. The van der Waals surface area contributed by atoms with Crippen molar-refractivity contribution in [3.05, 3.63) is 46.3 Å². The van der Waals surface area contributed by atoms with Crippen LogP contribution in [0.5, 0.6) is 5.88 Å². The largest absolute Gasteiger partial charge is 0.478 e. The zero-order valence-electron chi connectivity index (χ0n) is 12.7. The van der Waals surface area contributed by atoms with Gasteiger partial charge in [0, 0.05) is 32.4 Å². The van der Waals surface area contributed by atoms with Gasteiger partial charge in [0.25, 0.3) is 0 Å². The standard InChI is InChI=1S/C15H20N4OS.HI/c1-3-20-14-8-12(4-6-17-14)9-18-15(16-2)19-10-13-5-7-21-11-13;/h4-8,11H,3,9-10H2,1-2H3,(H2,16,18,19);1H. The van der Waals surface area contributed by atoms with E-state index >= 15 is 0 Å². The van der Waals surface area contributed by atoms with Crippen LogP contribution >= 0.6 is 35.3 Å². The molecule has 2 N–H and O–H groups in total. The number of ether oxygens (including phenoxy) is 1. The van der Waals surface area contributed by atoms with E-state index in [9.17, 15) is 0 Å². The molecule has 0 saturated heterocycles. The number of aromatic nitrogens is 1. The van der Waals surface area contributed by atoms with Gasteiger partial charge in [0.2, 0.25) is 5.88 Å². The first kappa shape index (κ1) is 18.7. The summed E-state index contributed by atoms with van der Waals surface area (Å²) in [5.74, 6) is 1.42. The first-order chi connectivity index (χ1) is 10.3. The number of nitrogens with zero attached hydrogens (tertiary/aromatic N) is 2. The van der Waals surface area contributed by atoms with E-state index in [0.29, 0.717) is 19.0 Å². The Balaban J connectivity index is 0.00000242. The van der Waals surface area contributed by atoms with Gasteiger partial charge in [-0.3, -0.25) is 4.99 Å². The number of rotatable bonds is 6. The second-order valence-corrected chi connectivity index (χ2v) is 5.13. The summed E-state index contributed by atoms with van der Waals surface area (Å²) in [5.41, 5.74) is 2.36. The number of aliphatic imine (C=N–C) groups is 1. The summed E-state index contributed by atoms with van der Waals surface area (Å²) in [6, 6.07) is 5.99. The van der Waals surface area contributed by atoms with E-state index in [4.69, 9.17) is 4.74 Å². The molecule has 0 spiro atoms. The van der Waals surface area contributed by atoms with Crippen molar-refractivity contribution in [1.29, 1.82) is 0 Å². The minimum Gasteiger partial charge on any atom is -0.478 e. The van der Waals surface area contributed by atoms with Gasteiger partial charge >= 0.3 is 0 Å². The first-order valence-corrected chi connectivity index (χ1v) is 7.79. The normalized spacial score (nSPS) is 10.7. The van der Waals surface area contributed by atoms with Gasteiger partial charge in [0.15, 0.2) is 5.96 Å². The van der Waals surface area contributed by atoms with E-state index in [-0.39, 0.29) is 24.0 Å². The van der Waals surface area contributed by atoms with Crippen molar-refractivity contribution in [3.63, 3.8) is 0 Å². The Morgan fingerprint density at radius 3 is 2.68 bits per heavy atom. The summed E-state index contributed by atoms with van der Waals surface area (Å²) in [6.07, 6.45) is 1.75. The van der Waals surface area contributed by atoms with E-state index in [1.165, 1.54) is 5.56 Å². The highest BCUT2D eigenvalue weighted by atomic mass is 127. The monoisotopic (exact) mass is 432 g/mol. The fourth-order valence-electron chi connectivity index (χ4n) is 1.77. The number of guanidine groups is 1. The van der Waals surface area contributed by atoms with E-state index in [2.05, 4.69) is 37.4 Å². The fraction of sp³-hybridized carbons (Fsp3) is 0.333. The topological polar surface area (TPSA) is 58.5 Å². The smallest absolute Gasteiger partial charge is 0.213 e. The summed E-state index contributed by atoms with van der Waals surface area (Å²) in [4.78, 5) is 8.36. The molecule has 0 radical (unpaired) electrons. The Bertz CT molecular complexity index is 575. The van der Waals surface area contributed by atoms with Crippen LogP contribution < -0.4 is 15.4 Å². The van der Waals surface area contributed by atoms with Crippen molar-refractivity contribution in [1.82, 2.24) is 15.6 Å². The maximum atomic E-state index is 5.39. The molecule has 22 heavy (non-hydrogen) atoms. The van der Waals surface area contributed by atoms with Gasteiger partial charge in [-0.1, -0.05) is 0 Å². The van der Waals surface area contributed by atoms with Gasteiger partial charge < -0.3 is 15.4 Å². The zero-order valence-corrected chi connectivity index (χ0v) is 15.9. The van der Waals surface area contributed by atoms with Crippen LogP contribution in [0.1, 0.15) is 18.1 Å². The lowest BCUT2D eigenvalue weighted by Crippen LogP contribution is -2.36. The third-order valence-corrected chi connectivity index (χ3v) is 3.55. The maximum Gasteiger partial charge on any atom is 0.213 e. The average Bonchev–Trinajstić information content (AvgIpc) is 3.01. The van der Waals surface area contributed by atoms with Crippen molar-refractivity contribution < 1.29 is 4.74 Å². The third kappa shape index (κ3) is 6.18. The highest BCUT2D eigenvalue weighted by Crippen LogP contribution is 2.09. The predicted molar refractivity (Wildman–Crippen MR) is 102 cm³/mol. The Morgan fingerprint density at radius 1 is 1.27 bits per heavy atom. The van der Waals surface area contributed by atoms with Crippen molar-refractivity contribution in [3.8, 4) is 5.88 Å². The van der Waals surface area contributed by atoms with Crippen molar-refractivity contribution >= 4 is 41.3 Å². The molecule has 2 rings (SSSR count). The lowest BCUT2D eigenvalue weighted by Gasteiger charge is -2.12. The molecule has 2 aromatic rings. The molecule has 0 saturated carbocycles. The summed E-state index contributed by atoms with van der Waals surface area (Å²) < 4.78 is 5.39. The summed E-state index contributed by atoms with van der Waals surface area (Å²) >= 11 is 1.69. The number of nitrogens with one attached hydrogen (secondary N) is 2. The van der Waals surface area contributed by atoms with Crippen LogP contribution in [0.2, 0.25) is 0 Å². The zero-order chi connectivity index (χ0) is 14.9. The van der Waals surface area contributed by atoms with E-state index < -0.39 is 0 Å². The van der Waals surface area contributed by atoms with Crippen molar-refractivity contribution in [2.24, 2.45) is 4.99 Å². The highest BCUT2D eigenvalue weighted by Gasteiger charge is 2.01. The summed E-state index contributed by atoms with van der Waals surface area (Å²) in [7, 11) is 1.77. The van der Waals surface area contributed by atoms with E-state index in [0.717, 1.165) is 18.1 Å². The Morgan fingerprint density at radius 2 is 2.05 bits per heavy atom. The molecule has 0 aliphatic heterocycles. The van der Waals surface area contributed by atoms with Gasteiger partial charge in [-0.05, 0) is 40.9 Å². The molecular weight excluding hydrogens is 411 g/mol. The number of thiophene rings is 1. The SMILES string of the molecule is CCOc1cc(CNC(=NC)NCc2ccsc2)ccn1.I. The van der Waals surface area contributed by atoms with Gasteiger partial charge in [-0.2, -0.15) is 11.3 Å². The van der Waals surface area contributed by atoms with Crippen LogP contribution in [0, 0.1) is 0 Å². The fourth-order valence-corrected chi connectivity index (χ4v) is 2.44. The second-order valence-electron chi connectivity index (χ2n) is 4.35. The highest BCUT2D eigenvalue weighted by molar-refractivity contribution is 14.0. The van der Waals surface area contributed by atoms with Gasteiger partial charge in [-0.15, -0.1) is 24.0 Å². The van der Waals surface area contributed by atoms with Gasteiger partial charge in [-0.25, -0.2) is 4.98 Å². The number of halogens is 1. The molecule has 0 aromatic carbocycles. The number of hydrogen-bond donors (Lipinski definition) is 2. The van der Waals surface area contributed by atoms with Crippen LogP contribution in [0.25, 0.3) is 0 Å². The van der Waals surface area contributed by atoms with E-state index in [1.54, 1.807) is 24.6 Å². The lowest BCUT2D eigenvalue weighted by molar-refractivity contribution is 0.326. The molecule has 0 aliphatic rings. The molecule has 0 amide bonds. The van der Waals surface area contributed by atoms with Crippen molar-refractivity contribution in [2.45, 2.75) is 20.0 Å². The molecule has 5 nitrogen and oxygen atoms in total. The second kappa shape index (κ2) is 10.4. The minimum absolute atomic E-state index is 0. The third-order valence-electron chi connectivity index (χ3n) is 2.82. The van der Waals surface area contributed by atoms with E-state index in [1.807, 2.05) is 19.1 Å². The van der Waals surface area contributed by atoms with Crippen LogP contribution in [0.4, 0.5) is 0 Å². The van der Waals surface area contributed by atoms with Crippen LogP contribution in [0.15, 0.2) is 40.1 Å². The molecule has 0 atom stereocenters. The maximum absolute atomic E-state index is 5.39. The molecule has 0 unspecified atom stereocenters. The Labute approximate surface area is 152 Å². The number of pyridine rings is 1. The molecule has 2 aromatic heterocycles. The molecule has 0 fully saturated rings. The molecular formula is C15H21IN4OS. The lowest BCUT2D eigenvalue weighted by atomic mass is 10.2. The van der Waals surface area contributed by atoms with Crippen LogP contribution in [0.3, 0.4) is 0 Å². The number of hydrogen-bond acceptors (Lipinski definition) is 4. The van der Waals surface area contributed by atoms with Crippen LogP contribution in [-0.2, 0) is 13.1 Å². The Hall–Kier alpha value is -1.35. The Kier molecular flexibility index (Phi) is 8.83. The first-order valence-electron chi connectivity index (χ1n) is 6.85. The molecule has 0 bridgehead atoms. The summed E-state index contributed by atoms with van der Waals surface area (Å²) in [6.45, 7) is 4.01. The molecule has 120 valence electrons. The van der Waals surface area contributed by atoms with Crippen LogP contribution in [-0.4, -0.2) is 24.6 Å². The van der Waals surface area contributed by atoms with Gasteiger partial charge in [0.05, 0.1) is 6.61 Å². The molecule has 7 heteroatoms.